The summed E-state index contributed by atoms with van der Waals surface area (Å²) in [6, 6.07) is 3.55. The van der Waals surface area contributed by atoms with Crippen molar-refractivity contribution in [2.24, 2.45) is 5.92 Å². The summed E-state index contributed by atoms with van der Waals surface area (Å²) in [5.41, 5.74) is 5.89. The number of rotatable bonds is 7. The van der Waals surface area contributed by atoms with E-state index in [9.17, 15) is 4.79 Å². The van der Waals surface area contributed by atoms with Crippen molar-refractivity contribution in [3.63, 3.8) is 0 Å². The van der Waals surface area contributed by atoms with Gasteiger partial charge in [-0.2, -0.15) is 4.98 Å². The molecule has 1 aromatic heterocycles. The highest BCUT2D eigenvalue weighted by atomic mass is 16.6. The zero-order valence-corrected chi connectivity index (χ0v) is 14.0. The normalized spacial score (nSPS) is 14.2. The van der Waals surface area contributed by atoms with Crippen molar-refractivity contribution in [2.45, 2.75) is 39.2 Å². The molecule has 0 spiro atoms. The van der Waals surface area contributed by atoms with Gasteiger partial charge in [-0.3, -0.25) is 0 Å². The molecule has 0 saturated heterocycles. The molecule has 0 aromatic carbocycles. The number of aromatic nitrogens is 1. The third-order valence-electron chi connectivity index (χ3n) is 3.14. The van der Waals surface area contributed by atoms with E-state index in [0.29, 0.717) is 43.0 Å². The Morgan fingerprint density at radius 1 is 1.35 bits per heavy atom. The van der Waals surface area contributed by atoms with Gasteiger partial charge in [0.2, 0.25) is 5.88 Å². The molecule has 0 aliphatic heterocycles. The molecule has 0 unspecified atom stereocenters. The molecule has 23 heavy (non-hydrogen) atoms. The molecule has 1 saturated carbocycles. The van der Waals surface area contributed by atoms with Crippen molar-refractivity contribution in [3.8, 4) is 5.88 Å². The van der Waals surface area contributed by atoms with Gasteiger partial charge >= 0.3 is 6.09 Å². The second-order valence-electron chi connectivity index (χ2n) is 6.70. The molecule has 0 bridgehead atoms. The van der Waals surface area contributed by atoms with Gasteiger partial charge < -0.3 is 25.8 Å². The van der Waals surface area contributed by atoms with Crippen LogP contribution in [0.3, 0.4) is 0 Å². The Morgan fingerprint density at radius 2 is 2.09 bits per heavy atom. The molecule has 1 aliphatic rings. The van der Waals surface area contributed by atoms with Gasteiger partial charge in [-0.1, -0.05) is 0 Å². The van der Waals surface area contributed by atoms with Gasteiger partial charge in [0.1, 0.15) is 11.4 Å². The minimum Gasteiger partial charge on any atom is -0.476 e. The lowest BCUT2D eigenvalue weighted by Crippen LogP contribution is -2.35. The van der Waals surface area contributed by atoms with E-state index in [0.717, 1.165) is 0 Å². The van der Waals surface area contributed by atoms with Crippen LogP contribution in [-0.4, -0.2) is 36.4 Å². The summed E-state index contributed by atoms with van der Waals surface area (Å²) < 4.78 is 10.8. The zero-order chi connectivity index (χ0) is 16.9. The number of pyridine rings is 1. The maximum atomic E-state index is 11.5. The molecule has 2 rings (SSSR count). The summed E-state index contributed by atoms with van der Waals surface area (Å²) in [6.45, 7) is 7.10. The molecule has 128 valence electrons. The third kappa shape index (κ3) is 6.63. The topological polar surface area (TPSA) is 98.5 Å². The van der Waals surface area contributed by atoms with Gasteiger partial charge in [0.25, 0.3) is 0 Å². The molecule has 4 N–H and O–H groups in total. The monoisotopic (exact) mass is 322 g/mol. The Labute approximate surface area is 136 Å². The van der Waals surface area contributed by atoms with Crippen molar-refractivity contribution < 1.29 is 14.3 Å². The van der Waals surface area contributed by atoms with Crippen LogP contribution in [0.2, 0.25) is 0 Å². The van der Waals surface area contributed by atoms with E-state index in [4.69, 9.17) is 15.2 Å². The Balaban J connectivity index is 1.72. The number of nitrogens with one attached hydrogen (secondary N) is 2. The first-order chi connectivity index (χ1) is 10.8. The van der Waals surface area contributed by atoms with Gasteiger partial charge in [0.15, 0.2) is 0 Å². The van der Waals surface area contributed by atoms with Crippen molar-refractivity contribution in [2.75, 3.05) is 30.7 Å². The van der Waals surface area contributed by atoms with Crippen LogP contribution in [0, 0.1) is 5.92 Å². The average molecular weight is 322 g/mol. The minimum atomic E-state index is -0.496. The molecule has 7 nitrogen and oxygen atoms in total. The van der Waals surface area contributed by atoms with E-state index in [-0.39, 0.29) is 0 Å². The molecule has 1 aromatic rings. The number of alkyl carbamates (subject to hydrolysis) is 1. The first kappa shape index (κ1) is 17.2. The Hall–Kier alpha value is -2.18. The first-order valence-corrected chi connectivity index (χ1v) is 7.93. The number of anilines is 2. The minimum absolute atomic E-state index is 0.430. The van der Waals surface area contributed by atoms with E-state index in [1.165, 1.54) is 12.8 Å². The van der Waals surface area contributed by atoms with Crippen LogP contribution in [0.1, 0.15) is 33.6 Å². The standard InChI is InChI=1S/C16H26N4O3/c1-16(2,3)23-15(21)19-9-8-18-13-7-6-12(17)14(20-13)22-10-11-4-5-11/h6-7,11H,4-5,8-10,17H2,1-3H3,(H,18,20)(H,19,21). The predicted octanol–water partition coefficient (Wildman–Crippen LogP) is 2.39. The number of carbonyl (C=O) groups is 1. The number of nitrogens with zero attached hydrogens (tertiary/aromatic N) is 1. The average Bonchev–Trinajstić information content (AvgIpc) is 3.26. The maximum absolute atomic E-state index is 11.5. The Bertz CT molecular complexity index is 539. The summed E-state index contributed by atoms with van der Waals surface area (Å²) in [7, 11) is 0. The van der Waals surface area contributed by atoms with E-state index in [1.807, 2.05) is 20.8 Å². The predicted molar refractivity (Wildman–Crippen MR) is 89.6 cm³/mol. The van der Waals surface area contributed by atoms with E-state index < -0.39 is 11.7 Å². The van der Waals surface area contributed by atoms with Crippen LogP contribution in [0.5, 0.6) is 5.88 Å². The van der Waals surface area contributed by atoms with E-state index in [2.05, 4.69) is 15.6 Å². The summed E-state index contributed by atoms with van der Waals surface area (Å²) in [6.07, 6.45) is 2.00. The van der Waals surface area contributed by atoms with Crippen LogP contribution in [-0.2, 0) is 4.74 Å². The Kier molecular flexibility index (Phi) is 5.52. The largest absolute Gasteiger partial charge is 0.476 e. The third-order valence-corrected chi connectivity index (χ3v) is 3.14. The number of amides is 1. The van der Waals surface area contributed by atoms with Crippen LogP contribution >= 0.6 is 0 Å². The molecule has 1 aliphatic carbocycles. The van der Waals surface area contributed by atoms with E-state index in [1.54, 1.807) is 12.1 Å². The number of nitrogens with two attached hydrogens (primary N) is 1. The fourth-order valence-electron chi connectivity index (χ4n) is 1.82. The second-order valence-corrected chi connectivity index (χ2v) is 6.70. The molecule has 1 heterocycles. The van der Waals surface area contributed by atoms with Gasteiger partial charge in [-0.25, -0.2) is 4.79 Å². The molecule has 0 radical (unpaired) electrons. The SMILES string of the molecule is CC(C)(C)OC(=O)NCCNc1ccc(N)c(OCC2CC2)n1. The van der Waals surface area contributed by atoms with Crippen LogP contribution in [0.15, 0.2) is 12.1 Å². The molecule has 7 heteroatoms. The number of hydrogen-bond acceptors (Lipinski definition) is 6. The fourth-order valence-corrected chi connectivity index (χ4v) is 1.82. The van der Waals surface area contributed by atoms with Crippen LogP contribution in [0.25, 0.3) is 0 Å². The summed E-state index contributed by atoms with van der Waals surface area (Å²) in [5.74, 6) is 1.77. The highest BCUT2D eigenvalue weighted by Gasteiger charge is 2.22. The molecule has 0 atom stereocenters. The van der Waals surface area contributed by atoms with Crippen molar-refractivity contribution in [1.82, 2.24) is 10.3 Å². The lowest BCUT2D eigenvalue weighted by Gasteiger charge is -2.19. The fraction of sp³-hybridized carbons (Fsp3) is 0.625. The van der Waals surface area contributed by atoms with Crippen molar-refractivity contribution in [1.29, 1.82) is 0 Å². The number of hydrogen-bond donors (Lipinski definition) is 3. The van der Waals surface area contributed by atoms with Crippen LogP contribution in [0.4, 0.5) is 16.3 Å². The van der Waals surface area contributed by atoms with Gasteiger partial charge in [-0.15, -0.1) is 0 Å². The Morgan fingerprint density at radius 3 is 2.74 bits per heavy atom. The van der Waals surface area contributed by atoms with Crippen molar-refractivity contribution >= 4 is 17.6 Å². The van der Waals surface area contributed by atoms with Crippen molar-refractivity contribution in [3.05, 3.63) is 12.1 Å². The summed E-state index contributed by atoms with van der Waals surface area (Å²) >= 11 is 0. The number of carbonyl (C=O) groups excluding carboxylic acids is 1. The molecule has 1 amide bonds. The van der Waals surface area contributed by atoms with Gasteiger partial charge in [0.05, 0.1) is 12.3 Å². The zero-order valence-electron chi connectivity index (χ0n) is 14.0. The molecular formula is C16H26N4O3. The first-order valence-electron chi connectivity index (χ1n) is 7.93. The van der Waals surface area contributed by atoms with Gasteiger partial charge in [-0.05, 0) is 51.7 Å². The highest BCUT2D eigenvalue weighted by Crippen LogP contribution is 2.30. The number of ether oxygens (including phenoxy) is 2. The van der Waals surface area contributed by atoms with E-state index >= 15 is 0 Å². The number of nitrogen functional groups attached to an aromatic ring is 1. The van der Waals surface area contributed by atoms with Gasteiger partial charge in [0, 0.05) is 13.1 Å². The smallest absolute Gasteiger partial charge is 0.407 e. The van der Waals surface area contributed by atoms with Crippen LogP contribution < -0.4 is 21.1 Å². The molecular weight excluding hydrogens is 296 g/mol. The second kappa shape index (κ2) is 7.39. The maximum Gasteiger partial charge on any atom is 0.407 e. The lowest BCUT2D eigenvalue weighted by atomic mass is 10.2. The summed E-state index contributed by atoms with van der Waals surface area (Å²) in [4.78, 5) is 15.9. The quantitative estimate of drug-likeness (QED) is 0.667. The summed E-state index contributed by atoms with van der Waals surface area (Å²) in [5, 5.41) is 5.79. The highest BCUT2D eigenvalue weighted by molar-refractivity contribution is 5.67. The lowest BCUT2D eigenvalue weighted by molar-refractivity contribution is 0.0530. The molecule has 1 fully saturated rings.